The summed E-state index contributed by atoms with van der Waals surface area (Å²) >= 11 is 3.57. The maximum Gasteiger partial charge on any atom is 0.241 e. The van der Waals surface area contributed by atoms with E-state index < -0.39 is 0 Å². The molecule has 0 radical (unpaired) electrons. The summed E-state index contributed by atoms with van der Waals surface area (Å²) in [6, 6.07) is 6.19. The van der Waals surface area contributed by atoms with Gasteiger partial charge in [-0.05, 0) is 40.2 Å². The quantitative estimate of drug-likeness (QED) is 0.659. The van der Waals surface area contributed by atoms with Gasteiger partial charge in [-0.3, -0.25) is 9.20 Å². The van der Waals surface area contributed by atoms with Gasteiger partial charge in [0, 0.05) is 38.1 Å². The monoisotopic (exact) mass is 403 g/mol. The Morgan fingerprint density at radius 1 is 1.20 bits per heavy atom. The molecule has 0 N–H and O–H groups in total. The molecule has 1 fully saturated rings. The van der Waals surface area contributed by atoms with Crippen LogP contribution >= 0.6 is 15.9 Å². The molecule has 0 atom stereocenters. The fourth-order valence-corrected chi connectivity index (χ4v) is 3.49. The maximum absolute atomic E-state index is 13.2. The molecule has 0 bridgehead atoms. The molecule has 0 saturated carbocycles. The molecule has 1 aliphatic rings. The lowest BCUT2D eigenvalue weighted by atomic mass is 10.2. The summed E-state index contributed by atoms with van der Waals surface area (Å²) in [7, 11) is 1.80. The number of carbonyl (C=O) groups excluding carboxylic acids is 1. The largest absolute Gasteiger partial charge is 0.342 e. The maximum atomic E-state index is 13.2. The molecule has 0 aliphatic carbocycles. The molecule has 3 heterocycles. The normalized spacial score (nSPS) is 15.2. The highest BCUT2D eigenvalue weighted by molar-refractivity contribution is 9.10. The molecule has 1 amide bonds. The van der Waals surface area contributed by atoms with E-state index in [0.717, 1.165) is 10.2 Å². The van der Waals surface area contributed by atoms with Crippen molar-refractivity contribution in [3.05, 3.63) is 47.1 Å². The van der Waals surface area contributed by atoms with Gasteiger partial charge in [0.25, 0.3) is 0 Å². The molecule has 128 valence electrons. The van der Waals surface area contributed by atoms with Gasteiger partial charge in [-0.15, -0.1) is 0 Å². The van der Waals surface area contributed by atoms with Gasteiger partial charge in [0.05, 0.1) is 6.54 Å². The van der Waals surface area contributed by atoms with E-state index in [-0.39, 0.29) is 18.3 Å². The molecule has 6 nitrogen and oxygen atoms in total. The van der Waals surface area contributed by atoms with Crippen molar-refractivity contribution in [3.63, 3.8) is 0 Å². The van der Waals surface area contributed by atoms with Crippen molar-refractivity contribution in [2.24, 2.45) is 0 Å². The predicted octanol–water partition coefficient (Wildman–Crippen LogP) is 2.58. The van der Waals surface area contributed by atoms with Crippen LogP contribution in [-0.2, 0) is 4.79 Å². The van der Waals surface area contributed by atoms with Crippen molar-refractivity contribution in [3.8, 4) is 11.3 Å². The Labute approximate surface area is 152 Å². The molecule has 4 rings (SSSR count). The number of benzene rings is 1. The Hall–Kier alpha value is -2.48. The summed E-state index contributed by atoms with van der Waals surface area (Å²) in [6.07, 6.45) is 3.49. The number of fused-ring (bicyclic) bond motifs is 1. The van der Waals surface area contributed by atoms with E-state index in [9.17, 15) is 9.18 Å². The lowest BCUT2D eigenvalue weighted by molar-refractivity contribution is -0.129. The first kappa shape index (κ1) is 16.0. The molecule has 0 unspecified atom stereocenters. The average molecular weight is 404 g/mol. The van der Waals surface area contributed by atoms with Crippen molar-refractivity contribution < 1.29 is 9.18 Å². The van der Waals surface area contributed by atoms with E-state index in [1.165, 1.54) is 12.1 Å². The van der Waals surface area contributed by atoms with Gasteiger partial charge < -0.3 is 9.80 Å². The third kappa shape index (κ3) is 2.76. The lowest BCUT2D eigenvalue weighted by Crippen LogP contribution is -2.49. The summed E-state index contributed by atoms with van der Waals surface area (Å²) in [4.78, 5) is 24.8. The van der Waals surface area contributed by atoms with Gasteiger partial charge in [0.15, 0.2) is 11.5 Å². The Bertz CT molecular complexity index is 956. The highest BCUT2D eigenvalue weighted by atomic mass is 79.9. The summed E-state index contributed by atoms with van der Waals surface area (Å²) < 4.78 is 15.8. The van der Waals surface area contributed by atoms with Crippen LogP contribution in [0.25, 0.3) is 16.9 Å². The molecule has 8 heteroatoms. The minimum absolute atomic E-state index is 0.0550. The van der Waals surface area contributed by atoms with Crippen LogP contribution in [0.5, 0.6) is 0 Å². The van der Waals surface area contributed by atoms with Crippen molar-refractivity contribution in [2.45, 2.75) is 0 Å². The van der Waals surface area contributed by atoms with E-state index in [1.807, 2.05) is 9.30 Å². The number of likely N-dealkylation sites (N-methyl/N-ethyl adjacent to an activating group) is 1. The van der Waals surface area contributed by atoms with E-state index in [4.69, 9.17) is 4.98 Å². The summed E-state index contributed by atoms with van der Waals surface area (Å²) in [6.45, 7) is 1.62. The lowest BCUT2D eigenvalue weighted by Gasteiger charge is -2.32. The first-order valence-corrected chi connectivity index (χ1v) is 8.61. The van der Waals surface area contributed by atoms with E-state index in [2.05, 4.69) is 20.9 Å². The zero-order valence-electron chi connectivity index (χ0n) is 13.5. The summed E-state index contributed by atoms with van der Waals surface area (Å²) in [5.74, 6) is 0.430. The molecule has 1 saturated heterocycles. The number of piperazine rings is 1. The highest BCUT2D eigenvalue weighted by Gasteiger charge is 2.25. The second-order valence-corrected chi connectivity index (χ2v) is 6.69. The summed E-state index contributed by atoms with van der Waals surface area (Å²) in [5, 5.41) is 0. The molecule has 0 spiro atoms. The Balaban J connectivity index is 1.81. The number of hydrogen-bond donors (Lipinski definition) is 0. The zero-order valence-corrected chi connectivity index (χ0v) is 15.1. The second-order valence-electron chi connectivity index (χ2n) is 5.94. The summed E-state index contributed by atoms with van der Waals surface area (Å²) in [5.41, 5.74) is 2.16. The van der Waals surface area contributed by atoms with Gasteiger partial charge in [0.2, 0.25) is 5.91 Å². The van der Waals surface area contributed by atoms with Crippen LogP contribution in [-0.4, -0.2) is 51.9 Å². The number of hydrogen-bond acceptors (Lipinski definition) is 4. The molecular formula is C17H15BrFN5O. The van der Waals surface area contributed by atoms with Crippen molar-refractivity contribution in [1.29, 1.82) is 0 Å². The van der Waals surface area contributed by atoms with Gasteiger partial charge in [-0.1, -0.05) is 0 Å². The SMILES string of the molecule is CN1CCN(c2nccn3c(Br)c(-c4ccc(F)cc4)nc23)CC1=O. The zero-order chi connectivity index (χ0) is 17.6. The number of rotatable bonds is 2. The van der Waals surface area contributed by atoms with Crippen molar-refractivity contribution >= 4 is 33.3 Å². The first-order valence-electron chi connectivity index (χ1n) is 7.82. The predicted molar refractivity (Wildman–Crippen MR) is 95.9 cm³/mol. The van der Waals surface area contributed by atoms with Crippen LogP contribution in [0.2, 0.25) is 0 Å². The molecule has 3 aromatic rings. The molecule has 2 aromatic heterocycles. The van der Waals surface area contributed by atoms with Crippen LogP contribution in [0.4, 0.5) is 10.2 Å². The van der Waals surface area contributed by atoms with Gasteiger partial charge in [0.1, 0.15) is 16.1 Å². The second kappa shape index (κ2) is 6.11. The standard InChI is InChI=1S/C17H15BrFN5O/c1-22-8-9-23(10-13(22)25)16-17-21-14(11-2-4-12(19)5-3-11)15(18)24(17)7-6-20-16/h2-7H,8-10H2,1H3. The average Bonchev–Trinajstić information content (AvgIpc) is 2.95. The fraction of sp³-hybridized carbons (Fsp3) is 0.235. The Morgan fingerprint density at radius 3 is 2.68 bits per heavy atom. The van der Waals surface area contributed by atoms with E-state index in [1.54, 1.807) is 36.5 Å². The molecule has 25 heavy (non-hydrogen) atoms. The third-order valence-electron chi connectivity index (χ3n) is 4.34. The van der Waals surface area contributed by atoms with Gasteiger partial charge in [-0.25, -0.2) is 14.4 Å². The highest BCUT2D eigenvalue weighted by Crippen LogP contribution is 2.31. The van der Waals surface area contributed by atoms with Crippen LogP contribution < -0.4 is 4.90 Å². The number of aromatic nitrogens is 3. The fourth-order valence-electron chi connectivity index (χ4n) is 2.89. The van der Waals surface area contributed by atoms with Crippen molar-refractivity contribution in [1.82, 2.24) is 19.3 Å². The number of amides is 1. The third-order valence-corrected chi connectivity index (χ3v) is 5.10. The number of imidazole rings is 1. The minimum Gasteiger partial charge on any atom is -0.342 e. The molecular weight excluding hydrogens is 389 g/mol. The van der Waals surface area contributed by atoms with Gasteiger partial charge >= 0.3 is 0 Å². The van der Waals surface area contributed by atoms with E-state index in [0.29, 0.717) is 30.2 Å². The topological polar surface area (TPSA) is 53.7 Å². The smallest absolute Gasteiger partial charge is 0.241 e. The van der Waals surface area contributed by atoms with Crippen LogP contribution in [0.3, 0.4) is 0 Å². The van der Waals surface area contributed by atoms with Crippen LogP contribution in [0.1, 0.15) is 0 Å². The van der Waals surface area contributed by atoms with Crippen LogP contribution in [0, 0.1) is 5.82 Å². The number of nitrogens with zero attached hydrogens (tertiary/aromatic N) is 5. The van der Waals surface area contributed by atoms with Crippen LogP contribution in [0.15, 0.2) is 41.3 Å². The Kier molecular flexibility index (Phi) is 3.91. The van der Waals surface area contributed by atoms with Crippen molar-refractivity contribution in [2.75, 3.05) is 31.6 Å². The molecule has 1 aromatic carbocycles. The first-order chi connectivity index (χ1) is 12.0. The minimum atomic E-state index is -0.290. The number of halogens is 2. The number of anilines is 1. The van der Waals surface area contributed by atoms with E-state index >= 15 is 0 Å². The number of carbonyl (C=O) groups is 1. The Morgan fingerprint density at radius 2 is 1.96 bits per heavy atom. The van der Waals surface area contributed by atoms with Gasteiger partial charge in [-0.2, -0.15) is 0 Å². The molecule has 1 aliphatic heterocycles.